The summed E-state index contributed by atoms with van der Waals surface area (Å²) in [5, 5.41) is 13.1. The van der Waals surface area contributed by atoms with E-state index in [1.807, 2.05) is 84.7 Å². The van der Waals surface area contributed by atoms with E-state index in [0.717, 1.165) is 28.0 Å². The number of nitriles is 1. The summed E-state index contributed by atoms with van der Waals surface area (Å²) in [7, 11) is 0. The van der Waals surface area contributed by atoms with Gasteiger partial charge in [-0.25, -0.2) is 4.98 Å². The van der Waals surface area contributed by atoms with Crippen LogP contribution in [-0.2, 0) is 6.54 Å². The van der Waals surface area contributed by atoms with E-state index in [4.69, 9.17) is 0 Å². The van der Waals surface area contributed by atoms with Gasteiger partial charge in [0.2, 0.25) is 0 Å². The van der Waals surface area contributed by atoms with Crippen LogP contribution in [0.3, 0.4) is 0 Å². The Morgan fingerprint density at radius 3 is 2.52 bits per heavy atom. The van der Waals surface area contributed by atoms with Crippen molar-refractivity contribution in [1.29, 1.82) is 5.26 Å². The lowest BCUT2D eigenvalue weighted by molar-refractivity contribution is 0.0773. The van der Waals surface area contributed by atoms with Gasteiger partial charge in [-0.15, -0.1) is 0 Å². The van der Waals surface area contributed by atoms with Crippen LogP contribution in [0.1, 0.15) is 40.9 Å². The summed E-state index contributed by atoms with van der Waals surface area (Å²) >= 11 is 0. The van der Waals surface area contributed by atoms with Crippen molar-refractivity contribution >= 4 is 28.4 Å². The zero-order valence-corrected chi connectivity index (χ0v) is 18.0. The molecular formula is C25H25N5O. The number of hydrogen-bond acceptors (Lipinski definition) is 4. The van der Waals surface area contributed by atoms with E-state index in [1.165, 1.54) is 0 Å². The molecule has 156 valence electrons. The average Bonchev–Trinajstić information content (AvgIpc) is 3.18. The zero-order chi connectivity index (χ0) is 22.0. The maximum Gasteiger partial charge on any atom is 0.253 e. The molecule has 0 atom stereocenters. The standard InChI is InChI=1S/C25H25N5O/c1-4-29(5-2)25(31)19-12-10-18(11-13-19)16-27-23-14-17(3)20(15-26)24-28-21-8-6-7-9-22(21)30(23)24/h6-14,27H,4-5,16H2,1-3H3. The highest BCUT2D eigenvalue weighted by Crippen LogP contribution is 2.27. The molecule has 0 aliphatic heterocycles. The van der Waals surface area contributed by atoms with Crippen molar-refractivity contribution < 1.29 is 4.79 Å². The largest absolute Gasteiger partial charge is 0.367 e. The lowest BCUT2D eigenvalue weighted by Crippen LogP contribution is -2.30. The number of aromatic nitrogens is 2. The lowest BCUT2D eigenvalue weighted by Gasteiger charge is -2.18. The van der Waals surface area contributed by atoms with Gasteiger partial charge in [-0.05, 0) is 62.2 Å². The minimum Gasteiger partial charge on any atom is -0.367 e. The fraction of sp³-hybridized carbons (Fsp3) is 0.240. The number of nitrogens with zero attached hydrogens (tertiary/aromatic N) is 4. The number of para-hydroxylation sites is 2. The van der Waals surface area contributed by atoms with Crippen LogP contribution in [0, 0.1) is 18.3 Å². The number of pyridine rings is 1. The SMILES string of the molecule is CCN(CC)C(=O)c1ccc(CNc2cc(C)c(C#N)c3nc4ccccc4n23)cc1. The summed E-state index contributed by atoms with van der Waals surface area (Å²) in [4.78, 5) is 19.0. The second kappa shape index (κ2) is 8.49. The Kier molecular flexibility index (Phi) is 5.59. The predicted octanol–water partition coefficient (Wildman–Crippen LogP) is 4.76. The summed E-state index contributed by atoms with van der Waals surface area (Å²) in [5.74, 6) is 0.933. The molecule has 1 amide bonds. The summed E-state index contributed by atoms with van der Waals surface area (Å²) in [6, 6.07) is 19.9. The molecule has 0 aliphatic carbocycles. The van der Waals surface area contributed by atoms with Crippen molar-refractivity contribution in [1.82, 2.24) is 14.3 Å². The topological polar surface area (TPSA) is 73.4 Å². The molecule has 4 rings (SSSR count). The second-order valence-electron chi connectivity index (χ2n) is 7.49. The molecule has 0 bridgehead atoms. The van der Waals surface area contributed by atoms with Crippen molar-refractivity contribution in [2.24, 2.45) is 0 Å². The van der Waals surface area contributed by atoms with Crippen LogP contribution < -0.4 is 5.32 Å². The van der Waals surface area contributed by atoms with E-state index < -0.39 is 0 Å². The molecule has 0 aliphatic rings. The number of benzene rings is 2. The smallest absolute Gasteiger partial charge is 0.253 e. The highest BCUT2D eigenvalue weighted by molar-refractivity contribution is 5.94. The Morgan fingerprint density at radius 2 is 1.84 bits per heavy atom. The van der Waals surface area contributed by atoms with Gasteiger partial charge in [-0.3, -0.25) is 9.20 Å². The zero-order valence-electron chi connectivity index (χ0n) is 18.0. The molecule has 2 aromatic heterocycles. The molecule has 0 saturated heterocycles. The number of carbonyl (C=O) groups is 1. The number of imidazole rings is 1. The van der Waals surface area contributed by atoms with Crippen molar-refractivity contribution in [2.75, 3.05) is 18.4 Å². The van der Waals surface area contributed by atoms with E-state index in [1.54, 1.807) is 0 Å². The monoisotopic (exact) mass is 411 g/mol. The third-order valence-corrected chi connectivity index (χ3v) is 5.61. The average molecular weight is 412 g/mol. The molecule has 0 saturated carbocycles. The molecule has 6 nitrogen and oxygen atoms in total. The number of carbonyl (C=O) groups excluding carboxylic acids is 1. The summed E-state index contributed by atoms with van der Waals surface area (Å²) in [6.07, 6.45) is 0. The summed E-state index contributed by atoms with van der Waals surface area (Å²) in [6.45, 7) is 7.89. The quantitative estimate of drug-likeness (QED) is 0.496. The van der Waals surface area contributed by atoms with Crippen molar-refractivity contribution in [2.45, 2.75) is 27.3 Å². The van der Waals surface area contributed by atoms with Gasteiger partial charge in [-0.2, -0.15) is 5.26 Å². The molecule has 2 aromatic carbocycles. The minimum absolute atomic E-state index is 0.0545. The van der Waals surface area contributed by atoms with E-state index in [9.17, 15) is 10.1 Å². The molecule has 0 fully saturated rings. The number of fused-ring (bicyclic) bond motifs is 3. The van der Waals surface area contributed by atoms with Crippen LogP contribution in [-0.4, -0.2) is 33.3 Å². The molecule has 1 N–H and O–H groups in total. The van der Waals surface area contributed by atoms with Crippen molar-refractivity contribution in [3.8, 4) is 6.07 Å². The molecule has 0 spiro atoms. The maximum atomic E-state index is 12.5. The van der Waals surface area contributed by atoms with Gasteiger partial charge in [0.25, 0.3) is 5.91 Å². The Labute approximate surface area is 181 Å². The second-order valence-corrected chi connectivity index (χ2v) is 7.49. The van der Waals surface area contributed by atoms with E-state index in [0.29, 0.717) is 36.4 Å². The van der Waals surface area contributed by atoms with Crippen molar-refractivity contribution in [3.63, 3.8) is 0 Å². The van der Waals surface area contributed by atoms with Crippen LogP contribution in [0.4, 0.5) is 5.82 Å². The van der Waals surface area contributed by atoms with Crippen LogP contribution in [0.25, 0.3) is 16.7 Å². The third kappa shape index (κ3) is 3.71. The number of nitrogens with one attached hydrogen (secondary N) is 1. The molecule has 0 radical (unpaired) electrons. The molecule has 0 unspecified atom stereocenters. The Hall–Kier alpha value is -3.85. The predicted molar refractivity (Wildman–Crippen MR) is 123 cm³/mol. The van der Waals surface area contributed by atoms with E-state index >= 15 is 0 Å². The van der Waals surface area contributed by atoms with Gasteiger partial charge in [0.05, 0.1) is 16.6 Å². The first-order valence-corrected chi connectivity index (χ1v) is 10.5. The molecule has 6 heteroatoms. The van der Waals surface area contributed by atoms with Gasteiger partial charge in [0.15, 0.2) is 5.65 Å². The summed E-state index contributed by atoms with van der Waals surface area (Å²) < 4.78 is 2.00. The van der Waals surface area contributed by atoms with Gasteiger partial charge in [-0.1, -0.05) is 24.3 Å². The van der Waals surface area contributed by atoms with Crippen LogP contribution >= 0.6 is 0 Å². The molecule has 31 heavy (non-hydrogen) atoms. The van der Waals surface area contributed by atoms with Gasteiger partial charge >= 0.3 is 0 Å². The first-order chi connectivity index (χ1) is 15.1. The molecular weight excluding hydrogens is 386 g/mol. The van der Waals surface area contributed by atoms with Crippen LogP contribution in [0.2, 0.25) is 0 Å². The van der Waals surface area contributed by atoms with Crippen molar-refractivity contribution in [3.05, 3.63) is 76.9 Å². The van der Waals surface area contributed by atoms with Gasteiger partial charge < -0.3 is 10.2 Å². The molecule has 2 heterocycles. The van der Waals surface area contributed by atoms with Gasteiger partial charge in [0.1, 0.15) is 11.9 Å². The Balaban J connectivity index is 1.64. The minimum atomic E-state index is 0.0545. The fourth-order valence-corrected chi connectivity index (χ4v) is 3.88. The maximum absolute atomic E-state index is 12.5. The third-order valence-electron chi connectivity index (χ3n) is 5.61. The number of rotatable bonds is 6. The fourth-order valence-electron chi connectivity index (χ4n) is 3.88. The summed E-state index contributed by atoms with van der Waals surface area (Å²) in [5.41, 5.74) is 5.70. The first-order valence-electron chi connectivity index (χ1n) is 10.5. The van der Waals surface area contributed by atoms with Crippen LogP contribution in [0.5, 0.6) is 0 Å². The number of hydrogen-bond donors (Lipinski definition) is 1. The van der Waals surface area contributed by atoms with Gasteiger partial charge in [0, 0.05) is 25.2 Å². The van der Waals surface area contributed by atoms with E-state index in [2.05, 4.69) is 16.4 Å². The number of anilines is 1. The molecule has 4 aromatic rings. The first kappa shape index (κ1) is 20.4. The van der Waals surface area contributed by atoms with E-state index in [-0.39, 0.29) is 5.91 Å². The Bertz CT molecular complexity index is 1290. The highest BCUT2D eigenvalue weighted by Gasteiger charge is 2.15. The lowest BCUT2D eigenvalue weighted by atomic mass is 10.1. The van der Waals surface area contributed by atoms with Crippen LogP contribution in [0.15, 0.2) is 54.6 Å². The number of amides is 1. The number of aryl methyl sites for hydroxylation is 1. The highest BCUT2D eigenvalue weighted by atomic mass is 16.2. The Morgan fingerprint density at radius 1 is 1.13 bits per heavy atom. The normalized spacial score (nSPS) is 10.9.